The van der Waals surface area contributed by atoms with Crippen molar-refractivity contribution in [2.24, 2.45) is 5.73 Å². The molecule has 0 amide bonds. The van der Waals surface area contributed by atoms with Crippen LogP contribution in [0.4, 0.5) is 0 Å². The molecule has 1 aromatic heterocycles. The average Bonchev–Trinajstić information content (AvgIpc) is 2.62. The monoisotopic (exact) mass is 225 g/mol. The first-order chi connectivity index (χ1) is 7.43. The Balaban J connectivity index is 2.52. The molecule has 0 aliphatic heterocycles. The van der Waals surface area contributed by atoms with Crippen molar-refractivity contribution < 1.29 is 4.42 Å². The highest BCUT2D eigenvalue weighted by Gasteiger charge is 2.19. The summed E-state index contributed by atoms with van der Waals surface area (Å²) in [5.74, 6) is 1.72. The fraction of sp³-hybridized carbons (Fsp3) is 0.750. The van der Waals surface area contributed by atoms with Gasteiger partial charge in [-0.25, -0.2) is 4.98 Å². The summed E-state index contributed by atoms with van der Waals surface area (Å²) in [7, 11) is 2.05. The summed E-state index contributed by atoms with van der Waals surface area (Å²) in [5, 5.41) is 0. The Bertz CT molecular complexity index is 314. The summed E-state index contributed by atoms with van der Waals surface area (Å²) in [4.78, 5) is 6.46. The van der Waals surface area contributed by atoms with Gasteiger partial charge in [-0.2, -0.15) is 0 Å². The Morgan fingerprint density at radius 1 is 1.44 bits per heavy atom. The molecule has 92 valence electrons. The van der Waals surface area contributed by atoms with Crippen LogP contribution in [0.1, 0.15) is 38.8 Å². The van der Waals surface area contributed by atoms with E-state index in [9.17, 15) is 0 Å². The highest BCUT2D eigenvalue weighted by molar-refractivity contribution is 5.05. The van der Waals surface area contributed by atoms with Gasteiger partial charge in [-0.3, -0.25) is 4.90 Å². The first-order valence-corrected chi connectivity index (χ1v) is 5.77. The van der Waals surface area contributed by atoms with Gasteiger partial charge in [0.15, 0.2) is 0 Å². The first-order valence-electron chi connectivity index (χ1n) is 5.77. The molecule has 0 unspecified atom stereocenters. The van der Waals surface area contributed by atoms with Gasteiger partial charge in [0, 0.05) is 5.41 Å². The smallest absolute Gasteiger partial charge is 0.208 e. The van der Waals surface area contributed by atoms with E-state index in [2.05, 4.69) is 37.7 Å². The number of hydrogen-bond acceptors (Lipinski definition) is 4. The molecule has 0 aliphatic carbocycles. The Labute approximate surface area is 97.8 Å². The zero-order chi connectivity index (χ0) is 12.2. The van der Waals surface area contributed by atoms with E-state index in [0.29, 0.717) is 0 Å². The number of oxazole rings is 1. The fourth-order valence-electron chi connectivity index (χ4n) is 1.40. The molecule has 0 spiro atoms. The molecular weight excluding hydrogens is 202 g/mol. The van der Waals surface area contributed by atoms with Gasteiger partial charge < -0.3 is 10.2 Å². The largest absolute Gasteiger partial charge is 0.444 e. The third-order valence-electron chi connectivity index (χ3n) is 2.44. The number of rotatable bonds is 5. The Hall–Kier alpha value is -0.870. The maximum atomic E-state index is 5.71. The first kappa shape index (κ1) is 13.2. The van der Waals surface area contributed by atoms with Crippen molar-refractivity contribution >= 4 is 0 Å². The Morgan fingerprint density at radius 2 is 2.12 bits per heavy atom. The van der Waals surface area contributed by atoms with Crippen molar-refractivity contribution in [1.82, 2.24) is 9.88 Å². The van der Waals surface area contributed by atoms with Gasteiger partial charge in [0.05, 0.1) is 12.7 Å². The molecule has 0 aromatic carbocycles. The maximum absolute atomic E-state index is 5.71. The number of aromatic nitrogens is 1. The predicted molar refractivity (Wildman–Crippen MR) is 65.2 cm³/mol. The zero-order valence-electron chi connectivity index (χ0n) is 10.8. The van der Waals surface area contributed by atoms with E-state index < -0.39 is 0 Å². The lowest BCUT2D eigenvalue weighted by Gasteiger charge is -2.15. The second-order valence-electron chi connectivity index (χ2n) is 5.25. The van der Waals surface area contributed by atoms with Crippen molar-refractivity contribution in [1.29, 1.82) is 0 Å². The van der Waals surface area contributed by atoms with Crippen LogP contribution >= 0.6 is 0 Å². The zero-order valence-corrected chi connectivity index (χ0v) is 10.8. The van der Waals surface area contributed by atoms with E-state index in [4.69, 9.17) is 10.2 Å². The van der Waals surface area contributed by atoms with Crippen LogP contribution in [-0.4, -0.2) is 30.0 Å². The molecule has 1 aromatic rings. The Kier molecular flexibility index (Phi) is 4.50. The maximum Gasteiger partial charge on any atom is 0.208 e. The van der Waals surface area contributed by atoms with Gasteiger partial charge in [0.1, 0.15) is 5.76 Å². The van der Waals surface area contributed by atoms with Crippen LogP contribution < -0.4 is 5.73 Å². The van der Waals surface area contributed by atoms with Crippen LogP contribution in [0.25, 0.3) is 0 Å². The third-order valence-corrected chi connectivity index (χ3v) is 2.44. The third kappa shape index (κ3) is 3.94. The summed E-state index contributed by atoms with van der Waals surface area (Å²) in [6, 6.07) is 0. The molecule has 0 atom stereocenters. The summed E-state index contributed by atoms with van der Waals surface area (Å²) < 4.78 is 5.71. The highest BCUT2D eigenvalue weighted by Crippen LogP contribution is 2.22. The molecule has 0 saturated heterocycles. The standard InChI is InChI=1S/C12H23N3O/c1-12(2,3)10-8-14-11(16-10)9-15(4)7-5-6-13/h8H,5-7,9,13H2,1-4H3. The van der Waals surface area contributed by atoms with Crippen molar-refractivity contribution in [3.63, 3.8) is 0 Å². The molecule has 2 N–H and O–H groups in total. The highest BCUT2D eigenvalue weighted by atomic mass is 16.4. The fourth-order valence-corrected chi connectivity index (χ4v) is 1.40. The van der Waals surface area contributed by atoms with E-state index in [0.717, 1.165) is 37.7 Å². The molecule has 1 rings (SSSR count). The minimum Gasteiger partial charge on any atom is -0.444 e. The molecule has 0 bridgehead atoms. The van der Waals surface area contributed by atoms with E-state index in [1.807, 2.05) is 6.20 Å². The number of nitrogens with zero attached hydrogens (tertiary/aromatic N) is 2. The van der Waals surface area contributed by atoms with Crippen LogP contribution in [0, 0.1) is 0 Å². The summed E-state index contributed by atoms with van der Waals surface area (Å²) >= 11 is 0. The molecule has 4 heteroatoms. The van der Waals surface area contributed by atoms with Gasteiger partial charge in [-0.05, 0) is 26.6 Å². The lowest BCUT2D eigenvalue weighted by atomic mass is 9.94. The quantitative estimate of drug-likeness (QED) is 0.829. The Morgan fingerprint density at radius 3 is 2.62 bits per heavy atom. The van der Waals surface area contributed by atoms with E-state index in [-0.39, 0.29) is 5.41 Å². The van der Waals surface area contributed by atoms with Crippen molar-refractivity contribution in [2.75, 3.05) is 20.1 Å². The molecule has 1 heterocycles. The minimum absolute atomic E-state index is 0.0288. The average molecular weight is 225 g/mol. The van der Waals surface area contributed by atoms with E-state index >= 15 is 0 Å². The second kappa shape index (κ2) is 5.46. The van der Waals surface area contributed by atoms with Crippen molar-refractivity contribution in [3.05, 3.63) is 17.8 Å². The molecule has 4 nitrogen and oxygen atoms in total. The second-order valence-corrected chi connectivity index (χ2v) is 5.25. The van der Waals surface area contributed by atoms with Gasteiger partial charge >= 0.3 is 0 Å². The number of hydrogen-bond donors (Lipinski definition) is 1. The predicted octanol–water partition coefficient (Wildman–Crippen LogP) is 1.75. The molecule has 0 fully saturated rings. The van der Waals surface area contributed by atoms with Crippen molar-refractivity contribution in [3.8, 4) is 0 Å². The van der Waals surface area contributed by atoms with E-state index in [1.165, 1.54) is 0 Å². The van der Waals surface area contributed by atoms with Crippen molar-refractivity contribution in [2.45, 2.75) is 39.2 Å². The van der Waals surface area contributed by atoms with Gasteiger partial charge in [0.25, 0.3) is 0 Å². The molecule has 0 radical (unpaired) electrons. The SMILES string of the molecule is CN(CCCN)Cc1ncc(C(C)(C)C)o1. The van der Waals surface area contributed by atoms with Crippen LogP contribution in [0.2, 0.25) is 0 Å². The normalized spacial score (nSPS) is 12.4. The summed E-state index contributed by atoms with van der Waals surface area (Å²) in [6.07, 6.45) is 2.83. The molecule has 0 saturated carbocycles. The van der Waals surface area contributed by atoms with Gasteiger partial charge in [0.2, 0.25) is 5.89 Å². The lowest BCUT2D eigenvalue weighted by molar-refractivity contribution is 0.274. The summed E-state index contributed by atoms with van der Waals surface area (Å²) in [6.45, 7) is 8.81. The van der Waals surface area contributed by atoms with Crippen LogP contribution in [0.5, 0.6) is 0 Å². The lowest BCUT2D eigenvalue weighted by Crippen LogP contribution is -2.21. The van der Waals surface area contributed by atoms with Gasteiger partial charge in [-0.15, -0.1) is 0 Å². The van der Waals surface area contributed by atoms with E-state index in [1.54, 1.807) is 0 Å². The summed E-state index contributed by atoms with van der Waals surface area (Å²) in [5.41, 5.74) is 5.49. The molecule has 16 heavy (non-hydrogen) atoms. The van der Waals surface area contributed by atoms with Crippen LogP contribution in [-0.2, 0) is 12.0 Å². The van der Waals surface area contributed by atoms with Gasteiger partial charge in [-0.1, -0.05) is 20.8 Å². The molecular formula is C12H23N3O. The number of nitrogens with two attached hydrogens (primary N) is 1. The minimum atomic E-state index is 0.0288. The van der Waals surface area contributed by atoms with Crippen LogP contribution in [0.3, 0.4) is 0 Å². The topological polar surface area (TPSA) is 55.3 Å². The molecule has 0 aliphatic rings. The van der Waals surface area contributed by atoms with Crippen LogP contribution in [0.15, 0.2) is 10.6 Å².